The second-order valence-electron chi connectivity index (χ2n) is 4.86. The van der Waals surface area contributed by atoms with Crippen LogP contribution in [0.2, 0.25) is 0 Å². The average Bonchev–Trinajstić information content (AvgIpc) is 3.13. The van der Waals surface area contributed by atoms with Crippen molar-refractivity contribution in [1.29, 1.82) is 0 Å². The van der Waals surface area contributed by atoms with Gasteiger partial charge in [-0.05, 0) is 66.5 Å². The molecule has 0 saturated heterocycles. The highest BCUT2D eigenvalue weighted by atomic mass is 127. The van der Waals surface area contributed by atoms with Crippen molar-refractivity contribution in [3.8, 4) is 0 Å². The molecule has 0 aromatic heterocycles. The van der Waals surface area contributed by atoms with Crippen LogP contribution in [0.4, 0.5) is 0 Å². The zero-order valence-electron chi connectivity index (χ0n) is 10.3. The molecule has 1 fully saturated rings. The second kappa shape index (κ2) is 6.21. The molecule has 1 aliphatic rings. The van der Waals surface area contributed by atoms with Crippen molar-refractivity contribution >= 4 is 40.9 Å². The Hall–Kier alpha value is -0.330. The van der Waals surface area contributed by atoms with Crippen molar-refractivity contribution < 1.29 is 4.79 Å². The van der Waals surface area contributed by atoms with Crippen LogP contribution in [0.3, 0.4) is 0 Å². The van der Waals surface area contributed by atoms with Crippen molar-refractivity contribution in [3.05, 3.63) is 33.4 Å². The molecule has 1 aromatic rings. The van der Waals surface area contributed by atoms with E-state index in [0.29, 0.717) is 18.0 Å². The highest BCUT2D eigenvalue weighted by molar-refractivity contribution is 14.1. The van der Waals surface area contributed by atoms with Crippen LogP contribution in [0.5, 0.6) is 0 Å². The molecule has 18 heavy (non-hydrogen) atoms. The van der Waals surface area contributed by atoms with Crippen molar-refractivity contribution in [3.63, 3.8) is 0 Å². The van der Waals surface area contributed by atoms with Crippen molar-refractivity contribution in [2.45, 2.75) is 25.3 Å². The third kappa shape index (κ3) is 3.59. The quantitative estimate of drug-likeness (QED) is 0.789. The molecule has 1 aromatic carbocycles. The molecule has 0 aliphatic heterocycles. The SMILES string of the molecule is CC(CN)(NC(=O)c1cccc(I)c1)C1CC1.Cl. The number of hydrogen-bond donors (Lipinski definition) is 2. The smallest absolute Gasteiger partial charge is 0.251 e. The molecule has 1 atom stereocenters. The van der Waals surface area contributed by atoms with Gasteiger partial charge >= 0.3 is 0 Å². The minimum atomic E-state index is -0.252. The van der Waals surface area contributed by atoms with Gasteiger partial charge in [-0.25, -0.2) is 0 Å². The summed E-state index contributed by atoms with van der Waals surface area (Å²) in [5.41, 5.74) is 6.24. The minimum Gasteiger partial charge on any atom is -0.345 e. The summed E-state index contributed by atoms with van der Waals surface area (Å²) in [6.45, 7) is 2.53. The molecule has 1 unspecified atom stereocenters. The van der Waals surface area contributed by atoms with Gasteiger partial charge in [0, 0.05) is 15.7 Å². The fourth-order valence-electron chi connectivity index (χ4n) is 2.00. The molecule has 0 spiro atoms. The van der Waals surface area contributed by atoms with E-state index in [-0.39, 0.29) is 23.9 Å². The Labute approximate surface area is 127 Å². The topological polar surface area (TPSA) is 55.1 Å². The van der Waals surface area contributed by atoms with E-state index >= 15 is 0 Å². The standard InChI is InChI=1S/C13H17IN2O.ClH/c1-13(8-15,10-5-6-10)16-12(17)9-3-2-4-11(14)7-9;/h2-4,7,10H,5-6,8,15H2,1H3,(H,16,17);1H. The summed E-state index contributed by atoms with van der Waals surface area (Å²) in [5, 5.41) is 3.08. The predicted molar refractivity (Wildman–Crippen MR) is 84.1 cm³/mol. The number of rotatable bonds is 4. The number of nitrogens with one attached hydrogen (secondary N) is 1. The number of carbonyl (C=O) groups excluding carboxylic acids is 1. The van der Waals surface area contributed by atoms with Crippen molar-refractivity contribution in [1.82, 2.24) is 5.32 Å². The van der Waals surface area contributed by atoms with Gasteiger partial charge in [-0.1, -0.05) is 6.07 Å². The van der Waals surface area contributed by atoms with Crippen LogP contribution in [-0.4, -0.2) is 18.0 Å². The maximum atomic E-state index is 12.1. The number of benzene rings is 1. The molecular weight excluding hydrogens is 363 g/mol. The minimum absolute atomic E-state index is 0. The zero-order chi connectivity index (χ0) is 12.5. The first kappa shape index (κ1) is 15.7. The van der Waals surface area contributed by atoms with Crippen LogP contribution < -0.4 is 11.1 Å². The van der Waals surface area contributed by atoms with Crippen LogP contribution in [0.25, 0.3) is 0 Å². The molecule has 3 N–H and O–H groups in total. The molecule has 1 amide bonds. The van der Waals surface area contributed by atoms with Gasteiger partial charge in [0.1, 0.15) is 0 Å². The molecule has 1 saturated carbocycles. The summed E-state index contributed by atoms with van der Waals surface area (Å²) >= 11 is 2.21. The normalized spacial score (nSPS) is 17.5. The summed E-state index contributed by atoms with van der Waals surface area (Å²) in [5.74, 6) is 0.516. The van der Waals surface area contributed by atoms with Crippen molar-refractivity contribution in [2.24, 2.45) is 11.7 Å². The second-order valence-corrected chi connectivity index (χ2v) is 6.11. The van der Waals surface area contributed by atoms with Gasteiger partial charge in [0.15, 0.2) is 0 Å². The largest absolute Gasteiger partial charge is 0.345 e. The lowest BCUT2D eigenvalue weighted by Gasteiger charge is -2.29. The van der Waals surface area contributed by atoms with Gasteiger partial charge in [-0.3, -0.25) is 4.79 Å². The van der Waals surface area contributed by atoms with Crippen LogP contribution in [-0.2, 0) is 0 Å². The molecule has 0 bridgehead atoms. The van der Waals surface area contributed by atoms with E-state index in [9.17, 15) is 4.79 Å². The highest BCUT2D eigenvalue weighted by Crippen LogP contribution is 2.39. The number of carbonyl (C=O) groups is 1. The average molecular weight is 381 g/mol. The Morgan fingerprint density at radius 3 is 2.72 bits per heavy atom. The number of amides is 1. The summed E-state index contributed by atoms with van der Waals surface area (Å²) in [4.78, 5) is 12.1. The molecule has 2 rings (SSSR count). The molecular formula is C13H18ClIN2O. The van der Waals surface area contributed by atoms with Crippen LogP contribution in [0, 0.1) is 9.49 Å². The fourth-order valence-corrected chi connectivity index (χ4v) is 2.54. The molecule has 1 aliphatic carbocycles. The summed E-state index contributed by atoms with van der Waals surface area (Å²) < 4.78 is 1.07. The van der Waals surface area contributed by atoms with Gasteiger partial charge in [-0.15, -0.1) is 12.4 Å². The van der Waals surface area contributed by atoms with Gasteiger partial charge < -0.3 is 11.1 Å². The monoisotopic (exact) mass is 380 g/mol. The third-order valence-corrected chi connectivity index (χ3v) is 4.06. The molecule has 5 heteroatoms. The van der Waals surface area contributed by atoms with E-state index in [2.05, 4.69) is 27.9 Å². The molecule has 0 radical (unpaired) electrons. The molecule has 100 valence electrons. The van der Waals surface area contributed by atoms with Crippen LogP contribution >= 0.6 is 35.0 Å². The summed E-state index contributed by atoms with van der Waals surface area (Å²) in [6, 6.07) is 7.59. The lowest BCUT2D eigenvalue weighted by atomic mass is 9.95. The first-order valence-corrected chi connectivity index (χ1v) is 6.91. The summed E-state index contributed by atoms with van der Waals surface area (Å²) in [6.07, 6.45) is 2.33. The lowest BCUT2D eigenvalue weighted by molar-refractivity contribution is 0.0898. The van der Waals surface area contributed by atoms with Crippen LogP contribution in [0.1, 0.15) is 30.1 Å². The fraction of sp³-hybridized carbons (Fsp3) is 0.462. The number of hydrogen-bond acceptors (Lipinski definition) is 2. The van der Waals surface area contributed by atoms with E-state index in [0.717, 1.165) is 3.57 Å². The van der Waals surface area contributed by atoms with E-state index in [1.54, 1.807) is 0 Å². The third-order valence-electron chi connectivity index (χ3n) is 3.39. The molecule has 0 heterocycles. The predicted octanol–water partition coefficient (Wildman–Crippen LogP) is 2.57. The maximum absolute atomic E-state index is 12.1. The summed E-state index contributed by atoms with van der Waals surface area (Å²) in [7, 11) is 0. The van der Waals surface area contributed by atoms with Crippen molar-refractivity contribution in [2.75, 3.05) is 6.54 Å². The van der Waals surface area contributed by atoms with Gasteiger partial charge in [0.05, 0.1) is 5.54 Å². The Balaban J connectivity index is 0.00000162. The Bertz CT molecular complexity index is 437. The Morgan fingerprint density at radius 2 is 2.22 bits per heavy atom. The van der Waals surface area contributed by atoms with Gasteiger partial charge in [-0.2, -0.15) is 0 Å². The lowest BCUT2D eigenvalue weighted by Crippen LogP contribution is -2.53. The van der Waals surface area contributed by atoms with Gasteiger partial charge in [0.25, 0.3) is 5.91 Å². The zero-order valence-corrected chi connectivity index (χ0v) is 13.3. The molecule has 3 nitrogen and oxygen atoms in total. The number of halogens is 2. The maximum Gasteiger partial charge on any atom is 0.251 e. The van der Waals surface area contributed by atoms with Gasteiger partial charge in [0.2, 0.25) is 0 Å². The van der Waals surface area contributed by atoms with E-state index < -0.39 is 0 Å². The Morgan fingerprint density at radius 1 is 1.56 bits per heavy atom. The van der Waals surface area contributed by atoms with E-state index in [4.69, 9.17) is 5.73 Å². The van der Waals surface area contributed by atoms with Crippen LogP contribution in [0.15, 0.2) is 24.3 Å². The van der Waals surface area contributed by atoms with E-state index in [1.165, 1.54) is 12.8 Å². The first-order chi connectivity index (χ1) is 8.05. The number of nitrogens with two attached hydrogens (primary N) is 1. The first-order valence-electron chi connectivity index (χ1n) is 5.83. The Kier molecular flexibility index (Phi) is 5.43. The van der Waals surface area contributed by atoms with E-state index in [1.807, 2.05) is 31.2 Å². The highest BCUT2D eigenvalue weighted by Gasteiger charge is 2.41.